The molecule has 3 rings (SSSR count). The fourth-order valence-corrected chi connectivity index (χ4v) is 1.97. The molecule has 0 radical (unpaired) electrons. The van der Waals surface area contributed by atoms with Crippen molar-refractivity contribution in [2.75, 3.05) is 5.43 Å². The zero-order chi connectivity index (χ0) is 16.4. The number of aromatic nitrogens is 4. The fourth-order valence-electron chi connectivity index (χ4n) is 1.97. The molecule has 0 aliphatic carbocycles. The van der Waals surface area contributed by atoms with E-state index in [1.165, 1.54) is 18.3 Å². The summed E-state index contributed by atoms with van der Waals surface area (Å²) in [6.45, 7) is 1.75. The Morgan fingerprint density at radius 1 is 1.26 bits per heavy atom. The molecule has 2 aromatic heterocycles. The Bertz CT molecular complexity index is 956. The lowest BCUT2D eigenvalue weighted by Crippen LogP contribution is -2.12. The Balaban J connectivity index is 1.82. The Morgan fingerprint density at radius 2 is 2.00 bits per heavy atom. The number of nitrogens with one attached hydrogen (secondary N) is 3. The molecule has 23 heavy (non-hydrogen) atoms. The maximum Gasteiger partial charge on any atom is 0.348 e. The first-order valence-electron chi connectivity index (χ1n) is 6.53. The number of anilines is 1. The molecule has 2 heterocycles. The van der Waals surface area contributed by atoms with E-state index >= 15 is 0 Å². The average molecular weight is 313 g/mol. The molecule has 0 bridgehead atoms. The molecule has 0 spiro atoms. The van der Waals surface area contributed by atoms with Crippen molar-refractivity contribution < 1.29 is 4.92 Å². The molecule has 0 atom stereocenters. The first-order chi connectivity index (χ1) is 11.0. The van der Waals surface area contributed by atoms with Gasteiger partial charge < -0.3 is 4.98 Å². The van der Waals surface area contributed by atoms with Crippen LogP contribution in [0.5, 0.6) is 0 Å². The smallest absolute Gasteiger partial charge is 0.338 e. The van der Waals surface area contributed by atoms with Crippen LogP contribution in [0.4, 0.5) is 11.5 Å². The van der Waals surface area contributed by atoms with Crippen LogP contribution in [0.25, 0.3) is 11.2 Å². The van der Waals surface area contributed by atoms with Crippen LogP contribution in [0.3, 0.4) is 0 Å². The number of aromatic amines is 2. The standard InChI is InChI=1S/C13H11N7O3/c1-7-15-10-11(16-7)17-13(21)18-12(10)19-14-6-8-2-4-9(5-3-8)20(22)23/h2-6H,1H3,(H3,15,16,17,18,19,21)/b14-6+. The highest BCUT2D eigenvalue weighted by molar-refractivity contribution is 5.84. The van der Waals surface area contributed by atoms with E-state index in [0.29, 0.717) is 22.6 Å². The molecule has 0 saturated carbocycles. The van der Waals surface area contributed by atoms with E-state index in [4.69, 9.17) is 0 Å². The van der Waals surface area contributed by atoms with Crippen LogP contribution < -0.4 is 11.1 Å². The third-order valence-corrected chi connectivity index (χ3v) is 2.99. The van der Waals surface area contributed by atoms with Crippen molar-refractivity contribution in [3.05, 3.63) is 56.3 Å². The number of nitrogens with zero attached hydrogens (tertiary/aromatic N) is 4. The largest absolute Gasteiger partial charge is 0.348 e. The minimum absolute atomic E-state index is 0.000938. The highest BCUT2D eigenvalue weighted by Crippen LogP contribution is 2.15. The van der Waals surface area contributed by atoms with E-state index in [1.54, 1.807) is 19.1 Å². The molecule has 0 aliphatic rings. The number of nitro groups is 1. The Hall–Kier alpha value is -3.56. The number of hydrogen-bond donors (Lipinski definition) is 3. The predicted molar refractivity (Wildman–Crippen MR) is 83.6 cm³/mol. The van der Waals surface area contributed by atoms with E-state index in [9.17, 15) is 14.9 Å². The lowest BCUT2D eigenvalue weighted by molar-refractivity contribution is -0.384. The highest BCUT2D eigenvalue weighted by Gasteiger charge is 2.08. The van der Waals surface area contributed by atoms with Gasteiger partial charge in [0.25, 0.3) is 5.69 Å². The van der Waals surface area contributed by atoms with Crippen molar-refractivity contribution in [2.24, 2.45) is 5.10 Å². The van der Waals surface area contributed by atoms with Crippen LogP contribution in [0.2, 0.25) is 0 Å². The molecule has 3 aromatic rings. The van der Waals surface area contributed by atoms with Gasteiger partial charge in [0.1, 0.15) is 11.3 Å². The Labute approximate surface area is 128 Å². The van der Waals surface area contributed by atoms with Gasteiger partial charge in [-0.3, -0.25) is 20.5 Å². The van der Waals surface area contributed by atoms with E-state index in [2.05, 4.69) is 30.5 Å². The van der Waals surface area contributed by atoms with Gasteiger partial charge >= 0.3 is 5.69 Å². The summed E-state index contributed by atoms with van der Waals surface area (Å²) in [6.07, 6.45) is 1.46. The van der Waals surface area contributed by atoms with Gasteiger partial charge in [-0.05, 0) is 24.6 Å². The second-order valence-electron chi connectivity index (χ2n) is 4.66. The first-order valence-corrected chi connectivity index (χ1v) is 6.53. The number of hydrogen-bond acceptors (Lipinski definition) is 7. The van der Waals surface area contributed by atoms with E-state index in [1.807, 2.05) is 0 Å². The molecule has 10 heteroatoms. The van der Waals surface area contributed by atoms with Crippen LogP contribution in [0.15, 0.2) is 34.2 Å². The topological polar surface area (TPSA) is 142 Å². The SMILES string of the molecule is Cc1nc2[nH]c(=O)nc(N/N=C/c3ccc([N+](=O)[O-])cc3)c2[nH]1. The first kappa shape index (κ1) is 14.4. The minimum atomic E-state index is -0.544. The maximum absolute atomic E-state index is 11.5. The van der Waals surface area contributed by atoms with E-state index < -0.39 is 10.6 Å². The van der Waals surface area contributed by atoms with Crippen molar-refractivity contribution >= 4 is 28.9 Å². The number of hydrazone groups is 1. The predicted octanol–water partition coefficient (Wildman–Crippen LogP) is 1.31. The number of aryl methyl sites for hydroxylation is 1. The fraction of sp³-hybridized carbons (Fsp3) is 0.0769. The summed E-state index contributed by atoms with van der Waals surface area (Å²) in [6, 6.07) is 5.88. The maximum atomic E-state index is 11.5. The highest BCUT2D eigenvalue weighted by atomic mass is 16.6. The number of non-ortho nitro benzene ring substituents is 1. The van der Waals surface area contributed by atoms with Crippen molar-refractivity contribution in [3.8, 4) is 0 Å². The second-order valence-corrected chi connectivity index (χ2v) is 4.66. The quantitative estimate of drug-likeness (QED) is 0.376. The van der Waals surface area contributed by atoms with Gasteiger partial charge in [-0.15, -0.1) is 0 Å². The zero-order valence-electron chi connectivity index (χ0n) is 11.9. The number of nitro benzene ring substituents is 1. The number of rotatable bonds is 4. The summed E-state index contributed by atoms with van der Waals surface area (Å²) in [7, 11) is 0. The molecule has 0 unspecified atom stereocenters. The normalized spacial score (nSPS) is 11.2. The summed E-state index contributed by atoms with van der Waals surface area (Å²) in [5.74, 6) is 0.869. The lowest BCUT2D eigenvalue weighted by Gasteiger charge is -1.99. The zero-order valence-corrected chi connectivity index (χ0v) is 11.9. The molecular weight excluding hydrogens is 302 g/mol. The van der Waals surface area contributed by atoms with Crippen molar-refractivity contribution in [1.29, 1.82) is 0 Å². The summed E-state index contributed by atoms with van der Waals surface area (Å²) in [5.41, 5.74) is 3.69. The van der Waals surface area contributed by atoms with Gasteiger partial charge in [-0.2, -0.15) is 10.1 Å². The minimum Gasteiger partial charge on any atom is -0.338 e. The number of fused-ring (bicyclic) bond motifs is 1. The monoisotopic (exact) mass is 313 g/mol. The van der Waals surface area contributed by atoms with E-state index in [-0.39, 0.29) is 11.5 Å². The summed E-state index contributed by atoms with van der Waals surface area (Å²) in [4.78, 5) is 35.0. The molecule has 1 aromatic carbocycles. The molecule has 116 valence electrons. The van der Waals surface area contributed by atoms with E-state index in [0.717, 1.165) is 0 Å². The van der Waals surface area contributed by atoms with Gasteiger partial charge in [0.2, 0.25) is 0 Å². The second kappa shape index (κ2) is 5.67. The lowest BCUT2D eigenvalue weighted by atomic mass is 10.2. The Morgan fingerprint density at radius 3 is 2.70 bits per heavy atom. The molecule has 3 N–H and O–H groups in total. The molecular formula is C13H11N7O3. The van der Waals surface area contributed by atoms with Crippen molar-refractivity contribution in [3.63, 3.8) is 0 Å². The molecule has 0 amide bonds. The third-order valence-electron chi connectivity index (χ3n) is 2.99. The molecule has 0 fully saturated rings. The van der Waals surface area contributed by atoms with Gasteiger partial charge in [-0.25, -0.2) is 9.78 Å². The van der Waals surface area contributed by atoms with Crippen LogP contribution in [-0.4, -0.2) is 31.1 Å². The van der Waals surface area contributed by atoms with Gasteiger partial charge in [0, 0.05) is 12.1 Å². The van der Waals surface area contributed by atoms with Crippen molar-refractivity contribution in [2.45, 2.75) is 6.92 Å². The van der Waals surface area contributed by atoms with Gasteiger partial charge in [0.05, 0.1) is 11.1 Å². The van der Waals surface area contributed by atoms with Gasteiger partial charge in [-0.1, -0.05) is 0 Å². The Kier molecular flexibility index (Phi) is 3.55. The number of imidazole rings is 1. The van der Waals surface area contributed by atoms with Crippen molar-refractivity contribution in [1.82, 2.24) is 19.9 Å². The van der Waals surface area contributed by atoms with Crippen LogP contribution in [0.1, 0.15) is 11.4 Å². The summed E-state index contributed by atoms with van der Waals surface area (Å²) < 4.78 is 0. The number of benzene rings is 1. The number of H-pyrrole nitrogens is 2. The average Bonchev–Trinajstić information content (AvgIpc) is 2.88. The van der Waals surface area contributed by atoms with Crippen LogP contribution >= 0.6 is 0 Å². The van der Waals surface area contributed by atoms with Crippen LogP contribution in [0, 0.1) is 17.0 Å². The van der Waals surface area contributed by atoms with Crippen LogP contribution in [-0.2, 0) is 0 Å². The summed E-state index contributed by atoms with van der Waals surface area (Å²) >= 11 is 0. The molecule has 0 saturated heterocycles. The summed E-state index contributed by atoms with van der Waals surface area (Å²) in [5, 5.41) is 14.6. The van der Waals surface area contributed by atoms with Gasteiger partial charge in [0.15, 0.2) is 11.5 Å². The third kappa shape index (κ3) is 3.05. The molecule has 10 nitrogen and oxygen atoms in total. The molecule has 0 aliphatic heterocycles.